The van der Waals surface area contributed by atoms with Gasteiger partial charge in [-0.1, -0.05) is 13.3 Å². The van der Waals surface area contributed by atoms with Gasteiger partial charge in [-0.2, -0.15) is 10.5 Å². The van der Waals surface area contributed by atoms with Crippen LogP contribution in [0.3, 0.4) is 0 Å². The largest absolute Gasteiger partial charge is 0.504 e. The molecule has 2 amide bonds. The molecule has 8 N–H and O–H groups in total. The number of phenols is 6. The first-order chi connectivity index (χ1) is 18.0. The van der Waals surface area contributed by atoms with Crippen LogP contribution in [-0.2, 0) is 9.59 Å². The van der Waals surface area contributed by atoms with E-state index in [1.165, 1.54) is 0 Å². The van der Waals surface area contributed by atoms with Crippen LogP contribution in [0.4, 0.5) is 0 Å². The number of nitrogens with zero attached hydrogens (tertiary/aromatic N) is 2. The van der Waals surface area contributed by atoms with Gasteiger partial charge in [0.15, 0.2) is 34.5 Å². The molecule has 2 aromatic carbocycles. The summed E-state index contributed by atoms with van der Waals surface area (Å²) in [5.74, 6) is -5.45. The number of benzene rings is 2. The molecule has 0 fully saturated rings. The molecule has 2 aromatic rings. The number of nitrogens with one attached hydrogen (secondary N) is 2. The van der Waals surface area contributed by atoms with Crippen LogP contribution in [-0.4, -0.2) is 55.0 Å². The van der Waals surface area contributed by atoms with Crippen LogP contribution in [0.1, 0.15) is 37.3 Å². The number of aromatic hydroxyl groups is 6. The van der Waals surface area contributed by atoms with Crippen molar-refractivity contribution in [1.82, 2.24) is 10.6 Å². The van der Waals surface area contributed by atoms with Gasteiger partial charge in [-0.3, -0.25) is 9.59 Å². The van der Waals surface area contributed by atoms with Crippen LogP contribution in [0, 0.1) is 22.7 Å². The van der Waals surface area contributed by atoms with Gasteiger partial charge in [0.05, 0.1) is 0 Å². The summed E-state index contributed by atoms with van der Waals surface area (Å²) in [7, 11) is 0. The van der Waals surface area contributed by atoms with Crippen LogP contribution in [0.5, 0.6) is 34.5 Å². The van der Waals surface area contributed by atoms with E-state index in [4.69, 9.17) is 0 Å². The van der Waals surface area contributed by atoms with Gasteiger partial charge in [-0.15, -0.1) is 0 Å². The summed E-state index contributed by atoms with van der Waals surface area (Å²) < 4.78 is 0. The molecule has 0 aliphatic carbocycles. The van der Waals surface area contributed by atoms with Gasteiger partial charge in [0, 0.05) is 12.6 Å². The highest BCUT2D eigenvalue weighted by atomic mass is 16.3. The summed E-state index contributed by atoms with van der Waals surface area (Å²) in [5.41, 5.74) is -0.447. The standard InChI is InChI=1S/C26H26N4O8/c1-2-3-18(30-26(38)17(13-28)7-15-10-21(33)24(36)22(34)11-15)4-5-29-25(37)16(12-27)6-14-8-19(31)23(35)20(32)9-14/h6-11,18,31-36H,2-5H2,1H3,(H,29,37)(H,30,38). The Bertz CT molecular complexity index is 1320. The van der Waals surface area contributed by atoms with E-state index in [1.807, 2.05) is 6.92 Å². The number of carbonyl (C=O) groups excluding carboxylic acids is 2. The van der Waals surface area contributed by atoms with Crippen molar-refractivity contribution in [3.05, 3.63) is 46.5 Å². The molecule has 0 aliphatic rings. The third-order valence-electron chi connectivity index (χ3n) is 5.29. The highest BCUT2D eigenvalue weighted by molar-refractivity contribution is 6.02. The molecule has 0 aromatic heterocycles. The van der Waals surface area contributed by atoms with Crippen LogP contribution in [0.15, 0.2) is 35.4 Å². The van der Waals surface area contributed by atoms with Gasteiger partial charge in [0.1, 0.15) is 23.3 Å². The average molecular weight is 523 g/mol. The third-order valence-corrected chi connectivity index (χ3v) is 5.29. The molecule has 198 valence electrons. The first kappa shape index (κ1) is 28.9. The molecule has 0 radical (unpaired) electrons. The maximum atomic E-state index is 12.7. The average Bonchev–Trinajstić information content (AvgIpc) is 2.87. The Morgan fingerprint density at radius 1 is 0.789 bits per heavy atom. The summed E-state index contributed by atoms with van der Waals surface area (Å²) in [6.45, 7) is 1.93. The molecule has 0 saturated heterocycles. The second-order valence-electron chi connectivity index (χ2n) is 8.16. The lowest BCUT2D eigenvalue weighted by Gasteiger charge is -2.18. The Morgan fingerprint density at radius 3 is 1.61 bits per heavy atom. The molecule has 2 rings (SSSR count). The second-order valence-corrected chi connectivity index (χ2v) is 8.16. The fraction of sp³-hybridized carbons (Fsp3) is 0.231. The van der Waals surface area contributed by atoms with Gasteiger partial charge < -0.3 is 41.3 Å². The van der Waals surface area contributed by atoms with E-state index < -0.39 is 52.4 Å². The maximum absolute atomic E-state index is 12.7. The molecule has 0 spiro atoms. The minimum Gasteiger partial charge on any atom is -0.504 e. The Kier molecular flexibility index (Phi) is 9.94. The van der Waals surface area contributed by atoms with Crippen LogP contribution in [0.25, 0.3) is 12.2 Å². The lowest BCUT2D eigenvalue weighted by Crippen LogP contribution is -2.38. The fourth-order valence-corrected chi connectivity index (χ4v) is 3.40. The van der Waals surface area contributed by atoms with Crippen molar-refractivity contribution in [3.63, 3.8) is 0 Å². The Hall–Kier alpha value is -5.36. The summed E-state index contributed by atoms with van der Waals surface area (Å²) in [6, 6.07) is 7.27. The molecule has 12 heteroatoms. The number of rotatable bonds is 10. The number of hydrogen-bond donors (Lipinski definition) is 8. The van der Waals surface area contributed by atoms with E-state index in [9.17, 15) is 50.8 Å². The first-order valence-corrected chi connectivity index (χ1v) is 11.3. The smallest absolute Gasteiger partial charge is 0.262 e. The molecular formula is C26H26N4O8. The Labute approximate surface area is 217 Å². The minimum atomic E-state index is -0.745. The van der Waals surface area contributed by atoms with E-state index in [0.29, 0.717) is 12.8 Å². The van der Waals surface area contributed by atoms with E-state index in [1.54, 1.807) is 12.1 Å². The summed E-state index contributed by atoms with van der Waals surface area (Å²) in [6.07, 6.45) is 3.67. The number of carbonyl (C=O) groups is 2. The number of amides is 2. The molecule has 12 nitrogen and oxygen atoms in total. The number of nitriles is 2. The highest BCUT2D eigenvalue weighted by Crippen LogP contribution is 2.36. The zero-order valence-electron chi connectivity index (χ0n) is 20.3. The molecular weight excluding hydrogens is 496 g/mol. The molecule has 0 aliphatic heterocycles. The minimum absolute atomic E-state index is 0.0557. The molecule has 0 heterocycles. The van der Waals surface area contributed by atoms with Crippen molar-refractivity contribution in [2.75, 3.05) is 6.54 Å². The molecule has 1 atom stereocenters. The number of hydrogen-bond acceptors (Lipinski definition) is 10. The van der Waals surface area contributed by atoms with E-state index in [2.05, 4.69) is 10.6 Å². The van der Waals surface area contributed by atoms with Crippen molar-refractivity contribution in [3.8, 4) is 46.6 Å². The first-order valence-electron chi connectivity index (χ1n) is 11.3. The molecule has 38 heavy (non-hydrogen) atoms. The topological polar surface area (TPSA) is 227 Å². The second kappa shape index (κ2) is 13.1. The zero-order valence-corrected chi connectivity index (χ0v) is 20.3. The highest BCUT2D eigenvalue weighted by Gasteiger charge is 2.18. The summed E-state index contributed by atoms with van der Waals surface area (Å²) >= 11 is 0. The quantitative estimate of drug-likeness (QED) is 0.129. The molecule has 0 saturated carbocycles. The molecule has 0 bridgehead atoms. The van der Waals surface area contributed by atoms with Crippen molar-refractivity contribution in [1.29, 1.82) is 10.5 Å². The summed E-state index contributed by atoms with van der Waals surface area (Å²) in [4.78, 5) is 25.1. The van der Waals surface area contributed by atoms with Crippen molar-refractivity contribution in [2.24, 2.45) is 0 Å². The summed E-state index contributed by atoms with van der Waals surface area (Å²) in [5, 5.41) is 81.3. The molecule has 1 unspecified atom stereocenters. The SMILES string of the molecule is CCCC(CCNC(=O)C(C#N)=Cc1cc(O)c(O)c(O)c1)NC(=O)C(C#N)=Cc1cc(O)c(O)c(O)c1. The Morgan fingerprint density at radius 2 is 1.21 bits per heavy atom. The van der Waals surface area contributed by atoms with Gasteiger partial charge in [0.2, 0.25) is 0 Å². The van der Waals surface area contributed by atoms with Gasteiger partial charge in [-0.25, -0.2) is 0 Å². The van der Waals surface area contributed by atoms with Crippen LogP contribution in [0.2, 0.25) is 0 Å². The van der Waals surface area contributed by atoms with E-state index >= 15 is 0 Å². The van der Waals surface area contributed by atoms with Crippen molar-refractivity contribution < 1.29 is 40.2 Å². The predicted molar refractivity (Wildman–Crippen MR) is 135 cm³/mol. The van der Waals surface area contributed by atoms with Crippen molar-refractivity contribution >= 4 is 24.0 Å². The maximum Gasteiger partial charge on any atom is 0.262 e. The van der Waals surface area contributed by atoms with Crippen LogP contribution < -0.4 is 10.6 Å². The van der Waals surface area contributed by atoms with E-state index in [0.717, 1.165) is 36.4 Å². The number of phenolic OH excluding ortho intramolecular Hbond substituents is 6. The normalized spacial score (nSPS) is 12.2. The lowest BCUT2D eigenvalue weighted by atomic mass is 10.1. The van der Waals surface area contributed by atoms with Gasteiger partial charge >= 0.3 is 0 Å². The third kappa shape index (κ3) is 7.57. The Balaban J connectivity index is 2.06. The van der Waals surface area contributed by atoms with Crippen molar-refractivity contribution in [2.45, 2.75) is 32.2 Å². The monoisotopic (exact) mass is 522 g/mol. The van der Waals surface area contributed by atoms with Gasteiger partial charge in [0.25, 0.3) is 11.8 Å². The van der Waals surface area contributed by atoms with Gasteiger partial charge in [-0.05, 0) is 60.4 Å². The predicted octanol–water partition coefficient (Wildman–Crippen LogP) is 2.23. The lowest BCUT2D eigenvalue weighted by molar-refractivity contribution is -0.117. The fourth-order valence-electron chi connectivity index (χ4n) is 3.40. The zero-order chi connectivity index (χ0) is 28.4. The van der Waals surface area contributed by atoms with E-state index in [-0.39, 0.29) is 35.2 Å². The van der Waals surface area contributed by atoms with Crippen LogP contribution >= 0.6 is 0 Å².